The highest BCUT2D eigenvalue weighted by molar-refractivity contribution is 7.98. The molecule has 24 heavy (non-hydrogen) atoms. The molecule has 0 unspecified atom stereocenters. The van der Waals surface area contributed by atoms with E-state index in [1.54, 1.807) is 17.8 Å². The van der Waals surface area contributed by atoms with Crippen LogP contribution in [0, 0.1) is 0 Å². The molecule has 0 fully saturated rings. The van der Waals surface area contributed by atoms with Crippen molar-refractivity contribution < 1.29 is 14.9 Å². The van der Waals surface area contributed by atoms with Crippen molar-refractivity contribution in [3.05, 3.63) is 52.5 Å². The van der Waals surface area contributed by atoms with E-state index < -0.39 is 0 Å². The lowest BCUT2D eigenvalue weighted by Gasteiger charge is -2.22. The van der Waals surface area contributed by atoms with Crippen LogP contribution >= 0.6 is 23.4 Å². The van der Waals surface area contributed by atoms with Crippen molar-refractivity contribution in [2.24, 2.45) is 0 Å². The highest BCUT2D eigenvalue weighted by atomic mass is 35.5. The summed E-state index contributed by atoms with van der Waals surface area (Å²) in [5.74, 6) is 0.301. The summed E-state index contributed by atoms with van der Waals surface area (Å²) in [6.45, 7) is 1.80. The van der Waals surface area contributed by atoms with Crippen LogP contribution in [0.4, 0.5) is 0 Å². The van der Waals surface area contributed by atoms with Crippen LogP contribution in [-0.4, -0.2) is 41.6 Å². The van der Waals surface area contributed by atoms with E-state index in [1.807, 2.05) is 12.3 Å². The molecular weight excluding hydrogens is 346 g/mol. The zero-order chi connectivity index (χ0) is 17.5. The van der Waals surface area contributed by atoms with Gasteiger partial charge < -0.3 is 14.9 Å². The van der Waals surface area contributed by atoms with E-state index in [0.717, 1.165) is 11.1 Å². The van der Waals surface area contributed by atoms with Crippen LogP contribution in [0.3, 0.4) is 0 Å². The summed E-state index contributed by atoms with van der Waals surface area (Å²) in [4.78, 5) is 3.30. The average Bonchev–Trinajstić information content (AvgIpc) is 2.60. The number of nitrogens with zero attached hydrogens (tertiary/aromatic N) is 1. The number of phenols is 1. The van der Waals surface area contributed by atoms with Crippen LogP contribution in [0.15, 0.2) is 41.3 Å². The fourth-order valence-corrected chi connectivity index (χ4v) is 3.09. The molecular formula is C18H22ClNO3S. The molecule has 0 aromatic heterocycles. The number of benzene rings is 2. The molecule has 0 heterocycles. The summed E-state index contributed by atoms with van der Waals surface area (Å²) < 4.78 is 5.06. The molecule has 0 aliphatic carbocycles. The Hall–Kier alpha value is -1.40. The van der Waals surface area contributed by atoms with Gasteiger partial charge in [-0.15, -0.1) is 11.8 Å². The summed E-state index contributed by atoms with van der Waals surface area (Å²) in [6, 6.07) is 11.9. The molecule has 2 aromatic rings. The summed E-state index contributed by atoms with van der Waals surface area (Å²) in [7, 11) is 1.49. The Morgan fingerprint density at radius 3 is 2.42 bits per heavy atom. The van der Waals surface area contributed by atoms with E-state index in [2.05, 4.69) is 29.2 Å². The standard InChI is InChI=1S/C18H22ClNO3S/c1-23-16-8-5-14(17(19)18(16)22)12-20(9-10-21)11-13-3-6-15(24-2)7-4-13/h3-8,21-22H,9-12H2,1-2H3. The van der Waals surface area contributed by atoms with E-state index in [9.17, 15) is 10.2 Å². The molecule has 0 bridgehead atoms. The van der Waals surface area contributed by atoms with Gasteiger partial charge in [0.05, 0.1) is 18.7 Å². The van der Waals surface area contributed by atoms with E-state index in [4.69, 9.17) is 16.3 Å². The number of ether oxygens (including phenoxy) is 1. The average molecular weight is 368 g/mol. The van der Waals surface area contributed by atoms with E-state index >= 15 is 0 Å². The first-order valence-corrected chi connectivity index (χ1v) is 9.19. The van der Waals surface area contributed by atoms with Crippen LogP contribution in [0.5, 0.6) is 11.5 Å². The monoisotopic (exact) mass is 367 g/mol. The fraction of sp³-hybridized carbons (Fsp3) is 0.333. The van der Waals surface area contributed by atoms with Crippen molar-refractivity contribution in [2.45, 2.75) is 18.0 Å². The minimum absolute atomic E-state index is 0.0510. The third-order valence-corrected chi connectivity index (χ3v) is 4.92. The van der Waals surface area contributed by atoms with E-state index in [-0.39, 0.29) is 17.4 Å². The number of hydrogen-bond donors (Lipinski definition) is 2. The molecule has 0 aliphatic heterocycles. The number of rotatable bonds is 8. The molecule has 0 saturated carbocycles. The topological polar surface area (TPSA) is 52.9 Å². The first-order chi connectivity index (χ1) is 11.6. The lowest BCUT2D eigenvalue weighted by atomic mass is 10.1. The summed E-state index contributed by atoms with van der Waals surface area (Å²) in [6.07, 6.45) is 2.05. The minimum atomic E-state index is -0.0510. The molecule has 0 saturated heterocycles. The van der Waals surface area contributed by atoms with Gasteiger partial charge in [0.2, 0.25) is 0 Å². The van der Waals surface area contributed by atoms with Crippen LogP contribution < -0.4 is 4.74 Å². The van der Waals surface area contributed by atoms with Gasteiger partial charge in [-0.05, 0) is 35.6 Å². The molecule has 0 radical (unpaired) electrons. The summed E-state index contributed by atoms with van der Waals surface area (Å²) >= 11 is 7.95. The normalized spacial score (nSPS) is 11.0. The van der Waals surface area contributed by atoms with Crippen molar-refractivity contribution >= 4 is 23.4 Å². The molecule has 2 rings (SSSR count). The number of aliphatic hydroxyl groups excluding tert-OH is 1. The Kier molecular flexibility index (Phi) is 7.24. The van der Waals surface area contributed by atoms with Gasteiger partial charge in [-0.2, -0.15) is 0 Å². The number of halogens is 1. The second kappa shape index (κ2) is 9.18. The molecule has 130 valence electrons. The molecule has 0 aliphatic rings. The Morgan fingerprint density at radius 2 is 1.83 bits per heavy atom. The Balaban J connectivity index is 2.14. The zero-order valence-corrected chi connectivity index (χ0v) is 15.4. The van der Waals surface area contributed by atoms with Crippen LogP contribution in [0.25, 0.3) is 0 Å². The molecule has 0 atom stereocenters. The number of hydrogen-bond acceptors (Lipinski definition) is 5. The third kappa shape index (κ3) is 4.80. The predicted molar refractivity (Wildman–Crippen MR) is 99.1 cm³/mol. The lowest BCUT2D eigenvalue weighted by Crippen LogP contribution is -2.26. The predicted octanol–water partition coefficient (Wildman–Crippen LogP) is 3.77. The number of thioether (sulfide) groups is 1. The van der Waals surface area contributed by atoms with Gasteiger partial charge in [0.1, 0.15) is 0 Å². The van der Waals surface area contributed by atoms with Crippen molar-refractivity contribution in [1.82, 2.24) is 4.90 Å². The molecule has 2 N–H and O–H groups in total. The highest BCUT2D eigenvalue weighted by Gasteiger charge is 2.14. The van der Waals surface area contributed by atoms with Crippen molar-refractivity contribution in [3.8, 4) is 11.5 Å². The van der Waals surface area contributed by atoms with Crippen molar-refractivity contribution in [2.75, 3.05) is 26.5 Å². The van der Waals surface area contributed by atoms with Gasteiger partial charge in [-0.1, -0.05) is 29.8 Å². The fourth-order valence-electron chi connectivity index (χ4n) is 2.46. The van der Waals surface area contributed by atoms with Gasteiger partial charge >= 0.3 is 0 Å². The molecule has 4 nitrogen and oxygen atoms in total. The number of phenolic OH excluding ortho intramolecular Hbond substituents is 1. The summed E-state index contributed by atoms with van der Waals surface area (Å²) in [5.41, 5.74) is 1.96. The van der Waals surface area contributed by atoms with Gasteiger partial charge in [0.25, 0.3) is 0 Å². The maximum Gasteiger partial charge on any atom is 0.177 e. The highest BCUT2D eigenvalue weighted by Crippen LogP contribution is 2.36. The van der Waals surface area contributed by atoms with Gasteiger partial charge in [0, 0.05) is 24.5 Å². The lowest BCUT2D eigenvalue weighted by molar-refractivity contribution is 0.184. The Bertz CT molecular complexity index is 664. The van der Waals surface area contributed by atoms with Crippen molar-refractivity contribution in [3.63, 3.8) is 0 Å². The Morgan fingerprint density at radius 1 is 1.12 bits per heavy atom. The van der Waals surface area contributed by atoms with Gasteiger partial charge in [-0.25, -0.2) is 0 Å². The van der Waals surface area contributed by atoms with E-state index in [1.165, 1.54) is 12.0 Å². The SMILES string of the molecule is COc1ccc(CN(CCO)Cc2ccc(SC)cc2)c(Cl)c1O. The number of methoxy groups -OCH3 is 1. The molecule has 2 aromatic carbocycles. The maximum atomic E-state index is 10.0. The maximum absolute atomic E-state index is 10.0. The second-order valence-corrected chi connectivity index (χ2v) is 6.63. The summed E-state index contributed by atoms with van der Waals surface area (Å²) in [5, 5.41) is 19.7. The van der Waals surface area contributed by atoms with Gasteiger partial charge in [-0.3, -0.25) is 4.90 Å². The minimum Gasteiger partial charge on any atom is -0.503 e. The van der Waals surface area contributed by atoms with E-state index in [0.29, 0.717) is 25.4 Å². The second-order valence-electron chi connectivity index (χ2n) is 5.37. The quantitative estimate of drug-likeness (QED) is 0.695. The smallest absolute Gasteiger partial charge is 0.177 e. The molecule has 0 spiro atoms. The first-order valence-electron chi connectivity index (χ1n) is 7.59. The largest absolute Gasteiger partial charge is 0.503 e. The van der Waals surface area contributed by atoms with Gasteiger partial charge in [0.15, 0.2) is 11.5 Å². The third-order valence-electron chi connectivity index (χ3n) is 3.75. The first kappa shape index (κ1) is 18.9. The van der Waals surface area contributed by atoms with Crippen LogP contribution in [0.1, 0.15) is 11.1 Å². The molecule has 0 amide bonds. The van der Waals surface area contributed by atoms with Crippen LogP contribution in [-0.2, 0) is 13.1 Å². The zero-order valence-electron chi connectivity index (χ0n) is 13.8. The van der Waals surface area contributed by atoms with Crippen molar-refractivity contribution in [1.29, 1.82) is 0 Å². The Labute approximate surface area is 152 Å². The number of aromatic hydroxyl groups is 1. The number of aliphatic hydroxyl groups is 1. The van der Waals surface area contributed by atoms with Crippen LogP contribution in [0.2, 0.25) is 5.02 Å². The molecule has 6 heteroatoms.